The van der Waals surface area contributed by atoms with Gasteiger partial charge in [-0.2, -0.15) is 0 Å². The first-order valence-electron chi connectivity index (χ1n) is 18.1. The summed E-state index contributed by atoms with van der Waals surface area (Å²) in [4.78, 5) is 14.1. The SMILES string of the molecule is CC(C)(C)[Si](OC[C@@]1(C)O[C@H]2[C@@H](OCc3ccccc3)C[C@@H](CCCOCc3ccccc3)O[C@@H]2CC1=O)(c1ccccc1)c1ccccc1. The lowest BCUT2D eigenvalue weighted by molar-refractivity contribution is -0.255. The van der Waals surface area contributed by atoms with Crippen molar-refractivity contribution in [3.63, 3.8) is 0 Å². The zero-order valence-corrected chi connectivity index (χ0v) is 31.0. The van der Waals surface area contributed by atoms with Crippen LogP contribution in [0.3, 0.4) is 0 Å². The monoisotopic (exact) mass is 692 g/mol. The van der Waals surface area contributed by atoms with Crippen molar-refractivity contribution < 1.29 is 28.2 Å². The molecule has 0 aromatic heterocycles. The number of benzene rings is 4. The minimum Gasteiger partial charge on any atom is -0.404 e. The molecule has 2 aliphatic rings. The summed E-state index contributed by atoms with van der Waals surface area (Å²) in [6, 6.07) is 41.5. The highest BCUT2D eigenvalue weighted by atomic mass is 28.4. The van der Waals surface area contributed by atoms with E-state index in [1.54, 1.807) is 0 Å². The summed E-state index contributed by atoms with van der Waals surface area (Å²) in [6.07, 6.45) is 1.58. The molecule has 0 amide bonds. The van der Waals surface area contributed by atoms with Crippen molar-refractivity contribution in [3.8, 4) is 0 Å². The highest BCUT2D eigenvalue weighted by Crippen LogP contribution is 2.41. The molecule has 2 heterocycles. The molecule has 2 saturated heterocycles. The third-order valence-corrected chi connectivity index (χ3v) is 15.2. The van der Waals surface area contributed by atoms with E-state index >= 15 is 0 Å². The molecule has 0 radical (unpaired) electrons. The molecule has 0 saturated carbocycles. The number of Topliss-reactive ketones (excluding diaryl/α,β-unsaturated/α-hetero) is 1. The first kappa shape index (κ1) is 36.4. The molecular formula is C43H52O6Si. The molecular weight excluding hydrogens is 641 g/mol. The summed E-state index contributed by atoms with van der Waals surface area (Å²) in [7, 11) is -2.89. The average molecular weight is 693 g/mol. The van der Waals surface area contributed by atoms with Gasteiger partial charge >= 0.3 is 0 Å². The smallest absolute Gasteiger partial charge is 0.261 e. The van der Waals surface area contributed by atoms with Crippen LogP contribution in [-0.4, -0.2) is 57.3 Å². The van der Waals surface area contributed by atoms with Gasteiger partial charge in [0.05, 0.1) is 38.1 Å². The van der Waals surface area contributed by atoms with E-state index in [0.717, 1.165) is 18.4 Å². The number of ketones is 1. The van der Waals surface area contributed by atoms with E-state index in [4.69, 9.17) is 23.4 Å². The summed E-state index contributed by atoms with van der Waals surface area (Å²) in [5.74, 6) is 0.00494. The lowest BCUT2D eigenvalue weighted by atomic mass is 9.85. The van der Waals surface area contributed by atoms with Crippen molar-refractivity contribution >= 4 is 24.5 Å². The Bertz CT molecular complexity index is 1590. The van der Waals surface area contributed by atoms with E-state index in [1.165, 1.54) is 15.9 Å². The molecule has 4 aromatic rings. The summed E-state index contributed by atoms with van der Waals surface area (Å²) in [5.41, 5.74) is 1.12. The second-order valence-corrected chi connectivity index (χ2v) is 19.2. The standard InChI is InChI=1S/C43H52O6Si/c1-42(2,3)50(36-23-13-7-14-24-36,37-25-15-8-16-26-37)47-32-43(4)40(44)29-39-41(49-43)38(46-31-34-20-11-6-12-21-34)28-35(48-39)22-17-27-45-30-33-18-9-5-10-19-33/h5-16,18-21,23-26,35,38-39,41H,17,22,27-32H2,1-4H3/t35-,38+,39-,41+,43-/m1/s1. The summed E-state index contributed by atoms with van der Waals surface area (Å²) >= 11 is 0. The van der Waals surface area contributed by atoms with Gasteiger partial charge in [0.1, 0.15) is 11.7 Å². The Morgan fingerprint density at radius 3 is 1.88 bits per heavy atom. The zero-order chi connectivity index (χ0) is 35.0. The maximum atomic E-state index is 14.1. The maximum absolute atomic E-state index is 14.1. The van der Waals surface area contributed by atoms with E-state index in [9.17, 15) is 4.79 Å². The summed E-state index contributed by atoms with van der Waals surface area (Å²) in [6.45, 7) is 10.5. The Balaban J connectivity index is 1.19. The van der Waals surface area contributed by atoms with E-state index < -0.39 is 20.0 Å². The van der Waals surface area contributed by atoms with Gasteiger partial charge < -0.3 is 23.4 Å². The van der Waals surface area contributed by atoms with Crippen LogP contribution in [0.4, 0.5) is 0 Å². The van der Waals surface area contributed by atoms with Crippen LogP contribution in [-0.2, 0) is 41.4 Å². The zero-order valence-electron chi connectivity index (χ0n) is 30.0. The van der Waals surface area contributed by atoms with Crippen LogP contribution >= 0.6 is 0 Å². The normalized spacial score (nSPS) is 24.1. The summed E-state index contributed by atoms with van der Waals surface area (Å²) in [5, 5.41) is 2.12. The average Bonchev–Trinajstić information content (AvgIpc) is 3.13. The van der Waals surface area contributed by atoms with E-state index in [2.05, 4.69) is 93.6 Å². The molecule has 6 nitrogen and oxygen atoms in total. The minimum atomic E-state index is -2.89. The molecule has 7 heteroatoms. The molecule has 0 bridgehead atoms. The molecule has 5 atom stereocenters. The fourth-order valence-corrected chi connectivity index (χ4v) is 12.2. The highest BCUT2D eigenvalue weighted by Gasteiger charge is 2.55. The van der Waals surface area contributed by atoms with Gasteiger partial charge in [-0.15, -0.1) is 0 Å². The summed E-state index contributed by atoms with van der Waals surface area (Å²) < 4.78 is 33.4. The van der Waals surface area contributed by atoms with E-state index in [0.29, 0.717) is 26.2 Å². The Labute approximate surface area is 299 Å². The van der Waals surface area contributed by atoms with Gasteiger partial charge in [-0.1, -0.05) is 142 Å². The van der Waals surface area contributed by atoms with Crippen molar-refractivity contribution in [1.29, 1.82) is 0 Å². The number of fused-ring (bicyclic) bond motifs is 1. The Hall–Kier alpha value is -3.43. The Morgan fingerprint density at radius 2 is 1.32 bits per heavy atom. The predicted octanol–water partition coefficient (Wildman–Crippen LogP) is 7.42. The molecule has 0 aliphatic carbocycles. The molecule has 0 N–H and O–H groups in total. The van der Waals surface area contributed by atoms with E-state index in [-0.39, 0.29) is 42.2 Å². The molecule has 50 heavy (non-hydrogen) atoms. The molecule has 0 spiro atoms. The van der Waals surface area contributed by atoms with Crippen molar-refractivity contribution in [1.82, 2.24) is 0 Å². The van der Waals surface area contributed by atoms with E-state index in [1.807, 2.05) is 55.5 Å². The minimum absolute atomic E-state index is 0.00494. The second kappa shape index (κ2) is 16.3. The van der Waals surface area contributed by atoms with Crippen LogP contribution in [0.1, 0.15) is 64.5 Å². The highest BCUT2D eigenvalue weighted by molar-refractivity contribution is 6.99. The van der Waals surface area contributed by atoms with Crippen molar-refractivity contribution in [2.24, 2.45) is 0 Å². The van der Waals surface area contributed by atoms with Gasteiger partial charge in [-0.25, -0.2) is 0 Å². The van der Waals surface area contributed by atoms with Gasteiger partial charge in [0.15, 0.2) is 5.78 Å². The van der Waals surface area contributed by atoms with Gasteiger partial charge in [-0.3, -0.25) is 4.79 Å². The number of rotatable bonds is 14. The van der Waals surface area contributed by atoms with Crippen LogP contribution in [0, 0.1) is 0 Å². The predicted molar refractivity (Wildman–Crippen MR) is 200 cm³/mol. The maximum Gasteiger partial charge on any atom is 0.261 e. The van der Waals surface area contributed by atoms with Gasteiger partial charge in [0.25, 0.3) is 8.32 Å². The number of hydrogen-bond donors (Lipinski definition) is 0. The van der Waals surface area contributed by atoms with Crippen molar-refractivity contribution in [3.05, 3.63) is 132 Å². The molecule has 2 aliphatic heterocycles. The van der Waals surface area contributed by atoms with Crippen LogP contribution in [0.2, 0.25) is 5.04 Å². The molecule has 6 rings (SSSR count). The number of hydrogen-bond acceptors (Lipinski definition) is 6. The second-order valence-electron chi connectivity index (χ2n) is 14.9. The van der Waals surface area contributed by atoms with Gasteiger partial charge in [0, 0.05) is 19.4 Å². The topological polar surface area (TPSA) is 63.2 Å². The van der Waals surface area contributed by atoms with Crippen LogP contribution < -0.4 is 10.4 Å². The lowest BCUT2D eigenvalue weighted by Gasteiger charge is -2.50. The van der Waals surface area contributed by atoms with Gasteiger partial charge in [-0.05, 0) is 46.3 Å². The first-order chi connectivity index (χ1) is 24.2. The molecule has 264 valence electrons. The Morgan fingerprint density at radius 1 is 0.780 bits per heavy atom. The number of carbonyl (C=O) groups excluding carboxylic acids is 1. The van der Waals surface area contributed by atoms with Crippen LogP contribution in [0.15, 0.2) is 121 Å². The van der Waals surface area contributed by atoms with Crippen LogP contribution in [0.5, 0.6) is 0 Å². The third kappa shape index (κ3) is 8.36. The number of ether oxygens (including phenoxy) is 4. The molecule has 2 fully saturated rings. The first-order valence-corrected chi connectivity index (χ1v) is 20.0. The van der Waals surface area contributed by atoms with Crippen molar-refractivity contribution in [2.75, 3.05) is 13.2 Å². The Kier molecular flexibility index (Phi) is 11.8. The van der Waals surface area contributed by atoms with Gasteiger partial charge in [0.2, 0.25) is 0 Å². The van der Waals surface area contributed by atoms with Crippen molar-refractivity contribution in [2.45, 2.75) is 102 Å². The largest absolute Gasteiger partial charge is 0.404 e. The molecule has 0 unspecified atom stereocenters. The fraction of sp³-hybridized carbons (Fsp3) is 0.419. The van der Waals surface area contributed by atoms with Crippen LogP contribution in [0.25, 0.3) is 0 Å². The number of carbonyl (C=O) groups is 1. The lowest BCUT2D eigenvalue weighted by Crippen LogP contribution is -2.69. The molecule has 4 aromatic carbocycles. The quantitative estimate of drug-likeness (QED) is 0.101. The third-order valence-electron chi connectivity index (χ3n) is 10.2. The fourth-order valence-electron chi connectivity index (χ4n) is 7.52.